The van der Waals surface area contributed by atoms with Gasteiger partial charge < -0.3 is 4.42 Å². The zero-order valence-corrected chi connectivity index (χ0v) is 30.0. The molecule has 0 bridgehead atoms. The molecule has 0 saturated heterocycles. The molecule has 260 valence electrons. The van der Waals surface area contributed by atoms with Gasteiger partial charge in [0.05, 0.1) is 17.1 Å². The summed E-state index contributed by atoms with van der Waals surface area (Å²) in [5, 5.41) is 15.2. The molecule has 0 aliphatic carbocycles. The number of benzene rings is 7. The smallest absolute Gasteiger partial charge is 0.160 e. The molecule has 3 aromatic heterocycles. The summed E-state index contributed by atoms with van der Waals surface area (Å²) < 4.78 is 6.29. The van der Waals surface area contributed by atoms with Crippen molar-refractivity contribution in [3.8, 4) is 50.7 Å². The Labute approximate surface area is 317 Å². The zero-order valence-electron chi connectivity index (χ0n) is 30.0. The number of rotatable bonds is 7. The van der Waals surface area contributed by atoms with Gasteiger partial charge in [-0.2, -0.15) is 4.80 Å². The van der Waals surface area contributed by atoms with Gasteiger partial charge in [0.25, 0.3) is 0 Å². The minimum Gasteiger partial charge on any atom is -0.456 e. The normalized spacial score (nSPS) is 11.7. The summed E-state index contributed by atoms with van der Waals surface area (Å²) in [6.07, 6.45) is 5.83. The third-order valence-electron chi connectivity index (χ3n) is 10.2. The Balaban J connectivity index is 1.18. The lowest BCUT2D eigenvalue weighted by atomic mass is 9.98. The molecule has 6 nitrogen and oxygen atoms in total. The van der Waals surface area contributed by atoms with E-state index in [-0.39, 0.29) is 0 Å². The van der Waals surface area contributed by atoms with Gasteiger partial charge in [-0.15, -0.1) is 10.2 Å². The average Bonchev–Trinajstić information content (AvgIpc) is 3.85. The molecule has 10 rings (SSSR count). The minimum atomic E-state index is 0.623. The molecule has 6 heteroatoms. The van der Waals surface area contributed by atoms with E-state index in [0.29, 0.717) is 5.82 Å². The third-order valence-corrected chi connectivity index (χ3v) is 10.2. The van der Waals surface area contributed by atoms with Crippen LogP contribution in [-0.2, 0) is 0 Å². The first-order valence-corrected chi connectivity index (χ1v) is 18.3. The Morgan fingerprint density at radius 1 is 0.582 bits per heavy atom. The lowest BCUT2D eigenvalue weighted by molar-refractivity contribution is 0.603. The van der Waals surface area contributed by atoms with Gasteiger partial charge >= 0.3 is 0 Å². The second-order valence-electron chi connectivity index (χ2n) is 13.6. The van der Waals surface area contributed by atoms with Crippen molar-refractivity contribution in [3.05, 3.63) is 176 Å². The Kier molecular flexibility index (Phi) is 7.74. The van der Waals surface area contributed by atoms with E-state index in [1.54, 1.807) is 10.9 Å². The summed E-state index contributed by atoms with van der Waals surface area (Å²) in [6, 6.07) is 52.2. The first-order valence-electron chi connectivity index (χ1n) is 18.3. The van der Waals surface area contributed by atoms with E-state index in [1.807, 2.05) is 55.5 Å². The second-order valence-corrected chi connectivity index (χ2v) is 13.6. The van der Waals surface area contributed by atoms with Gasteiger partial charge in [0.15, 0.2) is 5.82 Å². The van der Waals surface area contributed by atoms with E-state index < -0.39 is 0 Å². The van der Waals surface area contributed by atoms with E-state index in [4.69, 9.17) is 24.6 Å². The van der Waals surface area contributed by atoms with Crippen LogP contribution in [-0.4, -0.2) is 25.0 Å². The predicted octanol–water partition coefficient (Wildman–Crippen LogP) is 12.6. The van der Waals surface area contributed by atoms with Crippen LogP contribution in [0.15, 0.2) is 169 Å². The van der Waals surface area contributed by atoms with Gasteiger partial charge in [0.1, 0.15) is 22.4 Å². The van der Waals surface area contributed by atoms with Crippen molar-refractivity contribution in [1.82, 2.24) is 25.0 Å². The van der Waals surface area contributed by atoms with Gasteiger partial charge in [0.2, 0.25) is 0 Å². The van der Waals surface area contributed by atoms with Crippen molar-refractivity contribution in [2.24, 2.45) is 0 Å². The summed E-state index contributed by atoms with van der Waals surface area (Å²) in [6.45, 7) is 5.99. The Hall–Kier alpha value is -7.44. The highest BCUT2D eigenvalue weighted by Crippen LogP contribution is 2.37. The summed E-state index contributed by atoms with van der Waals surface area (Å²) in [4.78, 5) is 12.2. The van der Waals surface area contributed by atoms with Gasteiger partial charge in [-0.1, -0.05) is 122 Å². The molecule has 0 radical (unpaired) electrons. The standard InChI is InChI=1S/C49H33N5O/c1-3-12-39-40-25-23-36(29-46(40)55-45(39)4-2)44-30-43(35-16-11-15-34(27-35)31-13-7-5-8-14-31)50-49(51-44)37-22-20-32-19-21-33-24-26-42-48(47(33)41(32)28-37)53-54(52-42)38-17-9-6-10-18-38/h3-30H,2H2,1H3/b12-3-. The van der Waals surface area contributed by atoms with Crippen LogP contribution in [0.5, 0.6) is 0 Å². The number of fused-ring (bicyclic) bond motifs is 6. The molecule has 0 N–H and O–H groups in total. The predicted molar refractivity (Wildman–Crippen MR) is 226 cm³/mol. The van der Waals surface area contributed by atoms with Gasteiger partial charge in [0, 0.05) is 33.0 Å². The molecule has 7 aromatic carbocycles. The van der Waals surface area contributed by atoms with Crippen LogP contribution in [0.25, 0.3) is 106 Å². The van der Waals surface area contributed by atoms with Crippen molar-refractivity contribution in [2.75, 3.05) is 0 Å². The highest BCUT2D eigenvalue weighted by Gasteiger charge is 2.17. The molecular weight excluding hydrogens is 675 g/mol. The van der Waals surface area contributed by atoms with Crippen LogP contribution in [0.1, 0.15) is 18.2 Å². The molecule has 0 amide bonds. The van der Waals surface area contributed by atoms with Crippen LogP contribution in [0, 0.1) is 0 Å². The molecule has 0 atom stereocenters. The maximum atomic E-state index is 6.29. The summed E-state index contributed by atoms with van der Waals surface area (Å²) in [5.41, 5.74) is 11.1. The Morgan fingerprint density at radius 2 is 1.27 bits per heavy atom. The molecular formula is C49H33N5O. The SMILES string of the molecule is C=Cc1oc2cc(-c3cc(-c4cccc(-c5ccccc5)c4)nc(-c4ccc5ccc6ccc7nn(-c8ccccc8)nc7c6c5c4)n3)ccc2c1/C=C\C. The van der Waals surface area contributed by atoms with E-state index >= 15 is 0 Å². The van der Waals surface area contributed by atoms with Gasteiger partial charge in [-0.25, -0.2) is 9.97 Å². The minimum absolute atomic E-state index is 0.623. The first kappa shape index (κ1) is 32.2. The highest BCUT2D eigenvalue weighted by atomic mass is 16.3. The van der Waals surface area contributed by atoms with Gasteiger partial charge in [-0.05, 0) is 88.8 Å². The summed E-state index contributed by atoms with van der Waals surface area (Å²) in [5.74, 6) is 1.37. The monoisotopic (exact) mass is 707 g/mol. The number of para-hydroxylation sites is 1. The van der Waals surface area contributed by atoms with Crippen molar-refractivity contribution < 1.29 is 4.42 Å². The zero-order chi connectivity index (χ0) is 36.9. The molecule has 55 heavy (non-hydrogen) atoms. The van der Waals surface area contributed by atoms with E-state index in [0.717, 1.165) is 99.8 Å². The van der Waals surface area contributed by atoms with Crippen LogP contribution in [0.3, 0.4) is 0 Å². The number of aromatic nitrogens is 5. The Morgan fingerprint density at radius 3 is 2.07 bits per heavy atom. The van der Waals surface area contributed by atoms with Crippen LogP contribution in [0.4, 0.5) is 0 Å². The Bertz CT molecular complexity index is 3120. The first-order chi connectivity index (χ1) is 27.1. The molecule has 10 aromatic rings. The maximum absolute atomic E-state index is 6.29. The van der Waals surface area contributed by atoms with Crippen molar-refractivity contribution in [2.45, 2.75) is 6.92 Å². The van der Waals surface area contributed by atoms with Crippen LogP contribution in [0.2, 0.25) is 0 Å². The molecule has 0 spiro atoms. The van der Waals surface area contributed by atoms with E-state index in [1.165, 1.54) is 0 Å². The van der Waals surface area contributed by atoms with Crippen molar-refractivity contribution in [3.63, 3.8) is 0 Å². The highest BCUT2D eigenvalue weighted by molar-refractivity contribution is 6.18. The molecule has 0 saturated carbocycles. The lowest BCUT2D eigenvalue weighted by Gasteiger charge is -2.12. The molecule has 3 heterocycles. The van der Waals surface area contributed by atoms with Gasteiger partial charge in [-0.3, -0.25) is 0 Å². The molecule has 0 aliphatic heterocycles. The largest absolute Gasteiger partial charge is 0.456 e. The third kappa shape index (κ3) is 5.68. The summed E-state index contributed by atoms with van der Waals surface area (Å²) in [7, 11) is 0. The fraction of sp³-hybridized carbons (Fsp3) is 0.0204. The quantitative estimate of drug-likeness (QED) is 0.154. The van der Waals surface area contributed by atoms with E-state index in [2.05, 4.69) is 122 Å². The lowest BCUT2D eigenvalue weighted by Crippen LogP contribution is -1.97. The molecule has 0 unspecified atom stereocenters. The number of hydrogen-bond acceptors (Lipinski definition) is 5. The fourth-order valence-electron chi connectivity index (χ4n) is 7.48. The van der Waals surface area contributed by atoms with Crippen LogP contribution >= 0.6 is 0 Å². The topological polar surface area (TPSA) is 69.6 Å². The fourth-order valence-corrected chi connectivity index (χ4v) is 7.48. The number of nitrogens with zero attached hydrogens (tertiary/aromatic N) is 5. The van der Waals surface area contributed by atoms with Crippen molar-refractivity contribution >= 4 is 55.7 Å². The summed E-state index contributed by atoms with van der Waals surface area (Å²) >= 11 is 0. The number of allylic oxidation sites excluding steroid dienone is 1. The number of hydrogen-bond donors (Lipinski definition) is 0. The van der Waals surface area contributed by atoms with E-state index in [9.17, 15) is 0 Å². The van der Waals surface area contributed by atoms with Crippen LogP contribution < -0.4 is 0 Å². The molecule has 0 fully saturated rings. The number of furan rings is 1. The second kappa shape index (κ2) is 13.2. The average molecular weight is 708 g/mol. The molecule has 0 aliphatic rings. The van der Waals surface area contributed by atoms with Crippen molar-refractivity contribution in [1.29, 1.82) is 0 Å². The maximum Gasteiger partial charge on any atom is 0.160 e.